The summed E-state index contributed by atoms with van der Waals surface area (Å²) in [7, 11) is 0. The van der Waals surface area contributed by atoms with Crippen molar-refractivity contribution in [2.45, 2.75) is 135 Å². The minimum absolute atomic E-state index is 0.0561. The van der Waals surface area contributed by atoms with Crippen LogP contribution in [-0.4, -0.2) is 39.5 Å². The van der Waals surface area contributed by atoms with Crippen LogP contribution in [0.25, 0.3) is 0 Å². The van der Waals surface area contributed by atoms with E-state index in [0.717, 1.165) is 60.4 Å². The molecule has 0 saturated heterocycles. The van der Waals surface area contributed by atoms with E-state index >= 15 is 0 Å². The van der Waals surface area contributed by atoms with Crippen LogP contribution in [0.3, 0.4) is 0 Å². The summed E-state index contributed by atoms with van der Waals surface area (Å²) in [6.45, 7) is 15.2. The SMILES string of the molecule is C=C1/C(=C\C=C2/CCC[C@]3(C)[C@@H]([C@H](C)CC[C@H](OC(=O)C(C)CC)C4(c5nc(C)cs5)CC4)CC[C@@H]23)C[C@@H](O)C[C@@H]1O. The van der Waals surface area contributed by atoms with Gasteiger partial charge in [-0.15, -0.1) is 11.3 Å². The lowest BCUT2D eigenvalue weighted by Crippen LogP contribution is -2.37. The Kier molecular flexibility index (Phi) is 9.57. The number of aromatic nitrogens is 1. The topological polar surface area (TPSA) is 79.7 Å². The fourth-order valence-electron chi connectivity index (χ4n) is 8.56. The fraction of sp³-hybridized carbons (Fsp3) is 0.722. The van der Waals surface area contributed by atoms with Crippen molar-refractivity contribution in [1.82, 2.24) is 4.98 Å². The molecular weight excluding hydrogens is 542 g/mol. The second kappa shape index (κ2) is 12.7. The number of hydrogen-bond acceptors (Lipinski definition) is 6. The zero-order valence-electron chi connectivity index (χ0n) is 26.5. The number of hydrogen-bond donors (Lipinski definition) is 2. The van der Waals surface area contributed by atoms with E-state index in [9.17, 15) is 15.0 Å². The minimum Gasteiger partial charge on any atom is -0.461 e. The standard InChI is InChI=1S/C36H53NO4S/c1-7-22(2)33(40)41-32(36(17-18-36)34-37-24(4)21-42-34)15-10-23(3)29-13-14-30-26(9-8-16-35(29,30)6)11-12-27-19-28(38)20-31(39)25(27)5/h11-12,21-23,28-32,38-39H,5,7-10,13-20H2,1-4,6H3/b26-11+,27-12-/t22?,23-,28-,29-,30+,31+,32+,35-/m1/s1. The molecule has 42 heavy (non-hydrogen) atoms. The van der Waals surface area contributed by atoms with Crippen LogP contribution >= 0.6 is 11.3 Å². The second-order valence-corrected chi connectivity index (χ2v) is 15.3. The zero-order chi connectivity index (χ0) is 30.2. The summed E-state index contributed by atoms with van der Waals surface area (Å²) in [5.74, 6) is 1.65. The Morgan fingerprint density at radius 3 is 2.64 bits per heavy atom. The van der Waals surface area contributed by atoms with Gasteiger partial charge in [0.15, 0.2) is 0 Å². The first-order valence-corrected chi connectivity index (χ1v) is 17.4. The first kappa shape index (κ1) is 31.7. The van der Waals surface area contributed by atoms with E-state index in [2.05, 4.69) is 51.8 Å². The first-order valence-electron chi connectivity index (χ1n) is 16.6. The molecule has 2 N–H and O–H groups in total. The van der Waals surface area contributed by atoms with Gasteiger partial charge in [-0.1, -0.05) is 52.0 Å². The predicted molar refractivity (Wildman–Crippen MR) is 170 cm³/mol. The van der Waals surface area contributed by atoms with E-state index in [1.54, 1.807) is 11.3 Å². The molecule has 0 aromatic carbocycles. The van der Waals surface area contributed by atoms with Gasteiger partial charge < -0.3 is 14.9 Å². The van der Waals surface area contributed by atoms with E-state index in [4.69, 9.17) is 9.72 Å². The van der Waals surface area contributed by atoms with Crippen molar-refractivity contribution in [1.29, 1.82) is 0 Å². The van der Waals surface area contributed by atoms with Crippen LogP contribution in [0.1, 0.15) is 115 Å². The lowest BCUT2D eigenvalue weighted by Gasteiger charge is -2.44. The van der Waals surface area contributed by atoms with Gasteiger partial charge in [-0.2, -0.15) is 0 Å². The van der Waals surface area contributed by atoms with Gasteiger partial charge in [-0.25, -0.2) is 4.98 Å². The van der Waals surface area contributed by atoms with Crippen LogP contribution in [0.5, 0.6) is 0 Å². The molecule has 5 rings (SSSR count). The number of thiazole rings is 1. The van der Waals surface area contributed by atoms with Crippen molar-refractivity contribution in [3.8, 4) is 0 Å². The average Bonchev–Trinajstić information content (AvgIpc) is 3.51. The molecule has 0 aliphatic heterocycles. The van der Waals surface area contributed by atoms with E-state index in [1.807, 2.05) is 6.92 Å². The van der Waals surface area contributed by atoms with Gasteiger partial charge in [0.05, 0.1) is 23.5 Å². The Morgan fingerprint density at radius 2 is 1.98 bits per heavy atom. The highest BCUT2D eigenvalue weighted by Crippen LogP contribution is 2.60. The largest absolute Gasteiger partial charge is 0.461 e. The molecule has 8 atom stereocenters. The van der Waals surface area contributed by atoms with Crippen molar-refractivity contribution >= 4 is 17.3 Å². The van der Waals surface area contributed by atoms with E-state index < -0.39 is 12.2 Å². The number of aliphatic hydroxyl groups is 2. The molecule has 1 unspecified atom stereocenters. The lowest BCUT2D eigenvalue weighted by atomic mass is 9.60. The van der Waals surface area contributed by atoms with Crippen LogP contribution in [0.2, 0.25) is 0 Å². The Balaban J connectivity index is 1.29. The number of esters is 1. The average molecular weight is 596 g/mol. The van der Waals surface area contributed by atoms with Crippen LogP contribution in [0, 0.1) is 36.0 Å². The number of fused-ring (bicyclic) bond motifs is 1. The minimum atomic E-state index is -0.644. The fourth-order valence-corrected chi connectivity index (χ4v) is 9.66. The van der Waals surface area contributed by atoms with Crippen molar-refractivity contribution in [3.05, 3.63) is 51.5 Å². The van der Waals surface area contributed by atoms with Gasteiger partial charge >= 0.3 is 5.97 Å². The Morgan fingerprint density at radius 1 is 1.21 bits per heavy atom. The van der Waals surface area contributed by atoms with E-state index in [1.165, 1.54) is 31.3 Å². The summed E-state index contributed by atoms with van der Waals surface area (Å²) in [6, 6.07) is 0. The second-order valence-electron chi connectivity index (χ2n) is 14.4. The molecule has 0 spiro atoms. The molecule has 232 valence electrons. The number of allylic oxidation sites excluding steroid dienone is 3. The smallest absolute Gasteiger partial charge is 0.308 e. The van der Waals surface area contributed by atoms with Gasteiger partial charge in [0.25, 0.3) is 0 Å². The number of nitrogens with zero attached hydrogens (tertiary/aromatic N) is 1. The number of aryl methyl sites for hydroxylation is 1. The zero-order valence-corrected chi connectivity index (χ0v) is 27.3. The summed E-state index contributed by atoms with van der Waals surface area (Å²) < 4.78 is 6.34. The predicted octanol–water partition coefficient (Wildman–Crippen LogP) is 8.00. The Labute approximate surface area is 257 Å². The number of ether oxygens (including phenoxy) is 1. The molecule has 1 aromatic rings. The highest BCUT2D eigenvalue weighted by molar-refractivity contribution is 7.09. The van der Waals surface area contributed by atoms with Crippen molar-refractivity contribution in [2.24, 2.45) is 29.1 Å². The highest BCUT2D eigenvalue weighted by atomic mass is 32.1. The monoisotopic (exact) mass is 595 g/mol. The van der Waals surface area contributed by atoms with Crippen molar-refractivity contribution in [2.75, 3.05) is 0 Å². The number of carbonyl (C=O) groups excluding carboxylic acids is 1. The third-order valence-corrected chi connectivity index (χ3v) is 12.8. The van der Waals surface area contributed by atoms with Gasteiger partial charge in [0, 0.05) is 17.5 Å². The number of carbonyl (C=O) groups is 1. The van der Waals surface area contributed by atoms with Gasteiger partial charge in [0.2, 0.25) is 0 Å². The van der Waals surface area contributed by atoms with Gasteiger partial charge in [0.1, 0.15) is 11.1 Å². The van der Waals surface area contributed by atoms with Crippen LogP contribution in [0.4, 0.5) is 0 Å². The maximum absolute atomic E-state index is 13.0. The number of aliphatic hydroxyl groups excluding tert-OH is 2. The quantitative estimate of drug-likeness (QED) is 0.268. The molecule has 6 heteroatoms. The van der Waals surface area contributed by atoms with Crippen molar-refractivity contribution in [3.63, 3.8) is 0 Å². The molecular formula is C36H53NO4S. The molecule has 5 nitrogen and oxygen atoms in total. The first-order chi connectivity index (χ1) is 20.0. The van der Waals surface area contributed by atoms with Gasteiger partial charge in [-0.05, 0) is 112 Å². The molecule has 4 saturated carbocycles. The molecule has 4 aliphatic rings. The molecule has 0 radical (unpaired) electrons. The molecule has 1 aromatic heterocycles. The van der Waals surface area contributed by atoms with E-state index in [-0.39, 0.29) is 28.8 Å². The molecule has 0 bridgehead atoms. The van der Waals surface area contributed by atoms with Crippen LogP contribution in [-0.2, 0) is 14.9 Å². The summed E-state index contributed by atoms with van der Waals surface area (Å²) in [4.78, 5) is 17.9. The normalized spacial score (nSPS) is 34.7. The van der Waals surface area contributed by atoms with Gasteiger partial charge in [-0.3, -0.25) is 4.79 Å². The Bertz CT molecular complexity index is 1210. The number of rotatable bonds is 10. The maximum atomic E-state index is 13.0. The lowest BCUT2D eigenvalue weighted by molar-refractivity contribution is -0.156. The Hall–Kier alpha value is -1.76. The van der Waals surface area contributed by atoms with E-state index in [0.29, 0.717) is 30.6 Å². The molecule has 4 fully saturated rings. The summed E-state index contributed by atoms with van der Waals surface area (Å²) >= 11 is 1.73. The molecule has 0 amide bonds. The van der Waals surface area contributed by atoms with Crippen molar-refractivity contribution < 1.29 is 19.7 Å². The maximum Gasteiger partial charge on any atom is 0.308 e. The molecule has 1 heterocycles. The van der Waals surface area contributed by atoms with Crippen LogP contribution in [0.15, 0.2) is 40.8 Å². The summed E-state index contributed by atoms with van der Waals surface area (Å²) in [6.07, 6.45) is 15.1. The third-order valence-electron chi connectivity index (χ3n) is 11.6. The van der Waals surface area contributed by atoms with Crippen LogP contribution < -0.4 is 0 Å². The third kappa shape index (κ3) is 6.23. The summed E-state index contributed by atoms with van der Waals surface area (Å²) in [5.41, 5.74) is 4.53. The highest BCUT2D eigenvalue weighted by Gasteiger charge is 2.56. The summed E-state index contributed by atoms with van der Waals surface area (Å²) in [5, 5.41) is 23.8. The molecule has 4 aliphatic carbocycles.